The first kappa shape index (κ1) is 13.0. The van der Waals surface area contributed by atoms with E-state index in [9.17, 15) is 4.39 Å². The number of rotatable bonds is 2. The Morgan fingerprint density at radius 3 is 2.61 bits per heavy atom. The van der Waals surface area contributed by atoms with Crippen LogP contribution in [0.3, 0.4) is 0 Å². The van der Waals surface area contributed by atoms with Crippen LogP contribution in [-0.2, 0) is 0 Å². The highest BCUT2D eigenvalue weighted by Crippen LogP contribution is 2.29. The Morgan fingerprint density at radius 2 is 1.94 bits per heavy atom. The second-order valence-corrected chi connectivity index (χ2v) is 4.88. The Bertz CT molecular complexity index is 599. The molecule has 0 aliphatic rings. The van der Waals surface area contributed by atoms with Crippen molar-refractivity contribution in [2.24, 2.45) is 0 Å². The fourth-order valence-corrected chi connectivity index (χ4v) is 2.17. The van der Waals surface area contributed by atoms with Gasteiger partial charge >= 0.3 is 0 Å². The molecule has 0 amide bonds. The molecule has 94 valence electrons. The molecule has 0 unspecified atom stereocenters. The average Bonchev–Trinajstić information content (AvgIpc) is 2.35. The second kappa shape index (κ2) is 5.02. The molecule has 18 heavy (non-hydrogen) atoms. The van der Waals surface area contributed by atoms with E-state index >= 15 is 0 Å². The van der Waals surface area contributed by atoms with Gasteiger partial charge in [-0.15, -0.1) is 0 Å². The van der Waals surface area contributed by atoms with Crippen LogP contribution in [0.5, 0.6) is 0 Å². The van der Waals surface area contributed by atoms with Crippen molar-refractivity contribution < 1.29 is 4.39 Å². The first-order valence-electron chi connectivity index (χ1n) is 5.51. The van der Waals surface area contributed by atoms with Gasteiger partial charge in [-0.1, -0.05) is 15.9 Å². The molecule has 0 saturated heterocycles. The van der Waals surface area contributed by atoms with Crippen molar-refractivity contribution in [1.29, 1.82) is 0 Å². The fraction of sp³-hybridized carbons (Fsp3) is 0.231. The predicted molar refractivity (Wildman–Crippen MR) is 74.1 cm³/mol. The Hall–Kier alpha value is -1.49. The molecule has 2 aromatic rings. The van der Waals surface area contributed by atoms with Gasteiger partial charge in [0.2, 0.25) is 0 Å². The summed E-state index contributed by atoms with van der Waals surface area (Å²) in [6.45, 7) is 3.67. The van der Waals surface area contributed by atoms with Crippen molar-refractivity contribution in [2.75, 3.05) is 12.4 Å². The van der Waals surface area contributed by atoms with E-state index in [0.717, 1.165) is 15.9 Å². The molecule has 1 heterocycles. The predicted octanol–water partition coefficient (Wildman–Crippen LogP) is 3.70. The van der Waals surface area contributed by atoms with E-state index in [1.165, 1.54) is 6.07 Å². The molecule has 1 N–H and O–H groups in total. The zero-order valence-electron chi connectivity index (χ0n) is 10.4. The normalized spacial score (nSPS) is 10.5. The van der Waals surface area contributed by atoms with E-state index < -0.39 is 0 Å². The van der Waals surface area contributed by atoms with Crippen molar-refractivity contribution in [2.45, 2.75) is 13.8 Å². The number of benzene rings is 1. The molecule has 5 heteroatoms. The Balaban J connectivity index is 2.70. The molecule has 0 aliphatic heterocycles. The van der Waals surface area contributed by atoms with E-state index in [0.29, 0.717) is 17.1 Å². The molecule has 0 radical (unpaired) electrons. The summed E-state index contributed by atoms with van der Waals surface area (Å²) in [7, 11) is 1.79. The van der Waals surface area contributed by atoms with Crippen LogP contribution in [0.1, 0.15) is 11.4 Å². The smallest absolute Gasteiger partial charge is 0.132 e. The summed E-state index contributed by atoms with van der Waals surface area (Å²) >= 11 is 3.35. The number of nitrogens with zero attached hydrogens (tertiary/aromatic N) is 2. The molecule has 0 saturated carbocycles. The Morgan fingerprint density at radius 1 is 1.22 bits per heavy atom. The fourth-order valence-electron chi connectivity index (χ4n) is 1.81. The van der Waals surface area contributed by atoms with Gasteiger partial charge in [0.15, 0.2) is 0 Å². The summed E-state index contributed by atoms with van der Waals surface area (Å²) in [5, 5.41) is 3.00. The van der Waals surface area contributed by atoms with Crippen molar-refractivity contribution in [1.82, 2.24) is 9.97 Å². The van der Waals surface area contributed by atoms with Crippen LogP contribution in [0.25, 0.3) is 11.3 Å². The summed E-state index contributed by atoms with van der Waals surface area (Å²) in [6.07, 6.45) is 0. The number of hydrogen-bond donors (Lipinski definition) is 1. The molecule has 1 aromatic heterocycles. The van der Waals surface area contributed by atoms with Gasteiger partial charge in [-0.2, -0.15) is 0 Å². The van der Waals surface area contributed by atoms with Crippen LogP contribution in [0.4, 0.5) is 10.2 Å². The van der Waals surface area contributed by atoms with Gasteiger partial charge in [-0.05, 0) is 32.0 Å². The standard InChI is InChI=1S/C13H13BrFN3/c1-7-12(17-8(2)18-13(7)16-3)10-6-9(14)4-5-11(10)15/h4-6H,1-3H3,(H,16,17,18). The maximum Gasteiger partial charge on any atom is 0.132 e. The van der Waals surface area contributed by atoms with Crippen LogP contribution in [0.2, 0.25) is 0 Å². The van der Waals surface area contributed by atoms with E-state index in [4.69, 9.17) is 0 Å². The van der Waals surface area contributed by atoms with E-state index in [1.807, 2.05) is 6.92 Å². The highest BCUT2D eigenvalue weighted by atomic mass is 79.9. The van der Waals surface area contributed by atoms with E-state index in [1.54, 1.807) is 26.1 Å². The van der Waals surface area contributed by atoms with E-state index in [2.05, 4.69) is 31.2 Å². The lowest BCUT2D eigenvalue weighted by atomic mass is 10.1. The summed E-state index contributed by atoms with van der Waals surface area (Å²) in [5.74, 6) is 1.04. The number of aromatic nitrogens is 2. The van der Waals surface area contributed by atoms with Crippen molar-refractivity contribution in [3.8, 4) is 11.3 Å². The topological polar surface area (TPSA) is 37.8 Å². The molecular formula is C13H13BrFN3. The second-order valence-electron chi connectivity index (χ2n) is 3.97. The van der Waals surface area contributed by atoms with Gasteiger partial charge in [-0.25, -0.2) is 14.4 Å². The number of hydrogen-bond acceptors (Lipinski definition) is 3. The Kier molecular flexibility index (Phi) is 3.61. The minimum absolute atomic E-state index is 0.290. The first-order chi connectivity index (χ1) is 8.52. The molecule has 0 bridgehead atoms. The molecule has 0 spiro atoms. The highest BCUT2D eigenvalue weighted by Gasteiger charge is 2.14. The zero-order valence-corrected chi connectivity index (χ0v) is 12.0. The maximum atomic E-state index is 13.9. The first-order valence-corrected chi connectivity index (χ1v) is 6.30. The van der Waals surface area contributed by atoms with Crippen LogP contribution in [-0.4, -0.2) is 17.0 Å². The van der Waals surface area contributed by atoms with Crippen LogP contribution in [0.15, 0.2) is 22.7 Å². The molecular weight excluding hydrogens is 297 g/mol. The van der Waals surface area contributed by atoms with Crippen molar-refractivity contribution in [3.05, 3.63) is 39.9 Å². The third-order valence-electron chi connectivity index (χ3n) is 2.68. The minimum Gasteiger partial charge on any atom is -0.373 e. The highest BCUT2D eigenvalue weighted by molar-refractivity contribution is 9.10. The van der Waals surface area contributed by atoms with Crippen molar-refractivity contribution >= 4 is 21.7 Å². The van der Waals surface area contributed by atoms with E-state index in [-0.39, 0.29) is 5.82 Å². The van der Waals surface area contributed by atoms with Crippen LogP contribution < -0.4 is 5.32 Å². The van der Waals surface area contributed by atoms with Gasteiger partial charge in [0.1, 0.15) is 17.5 Å². The zero-order chi connectivity index (χ0) is 13.3. The molecule has 2 rings (SSSR count). The van der Waals surface area contributed by atoms with Gasteiger partial charge < -0.3 is 5.32 Å². The van der Waals surface area contributed by atoms with Crippen molar-refractivity contribution in [3.63, 3.8) is 0 Å². The Labute approximate surface area is 114 Å². The van der Waals surface area contributed by atoms with Gasteiger partial charge in [0.25, 0.3) is 0 Å². The quantitative estimate of drug-likeness (QED) is 0.919. The number of anilines is 1. The monoisotopic (exact) mass is 309 g/mol. The number of halogens is 2. The minimum atomic E-state index is -0.290. The lowest BCUT2D eigenvalue weighted by Crippen LogP contribution is -2.03. The lowest BCUT2D eigenvalue weighted by Gasteiger charge is -2.11. The molecule has 0 atom stereocenters. The average molecular weight is 310 g/mol. The van der Waals surface area contributed by atoms with Gasteiger partial charge in [-0.3, -0.25) is 0 Å². The SMILES string of the molecule is CNc1nc(C)nc(-c2cc(Br)ccc2F)c1C. The molecule has 1 aromatic carbocycles. The van der Waals surface area contributed by atoms with Gasteiger partial charge in [0.05, 0.1) is 5.69 Å². The molecule has 0 fully saturated rings. The van der Waals surface area contributed by atoms with Crippen LogP contribution >= 0.6 is 15.9 Å². The van der Waals surface area contributed by atoms with Gasteiger partial charge in [0, 0.05) is 22.6 Å². The third-order valence-corrected chi connectivity index (χ3v) is 3.17. The lowest BCUT2D eigenvalue weighted by molar-refractivity contribution is 0.630. The maximum absolute atomic E-state index is 13.9. The van der Waals surface area contributed by atoms with Crippen LogP contribution in [0, 0.1) is 19.7 Å². The number of aryl methyl sites for hydroxylation is 1. The largest absolute Gasteiger partial charge is 0.373 e. The third kappa shape index (κ3) is 2.36. The summed E-state index contributed by atoms with van der Waals surface area (Å²) in [4.78, 5) is 8.61. The number of nitrogens with one attached hydrogen (secondary N) is 1. The molecule has 0 aliphatic carbocycles. The summed E-state index contributed by atoms with van der Waals surface area (Å²) in [5.41, 5.74) is 1.93. The summed E-state index contributed by atoms with van der Waals surface area (Å²) in [6, 6.07) is 4.82. The summed E-state index contributed by atoms with van der Waals surface area (Å²) < 4.78 is 14.7. The molecule has 3 nitrogen and oxygen atoms in total.